The second kappa shape index (κ2) is 9.40. The van der Waals surface area contributed by atoms with Gasteiger partial charge in [0.25, 0.3) is 0 Å². The quantitative estimate of drug-likeness (QED) is 0.134. The number of anilines is 1. The molecule has 4 nitrogen and oxygen atoms in total. The molecule has 5 heteroatoms. The number of nitrogens with two attached hydrogens (primary N) is 1. The molecule has 2 N–H and O–H groups in total. The molecule has 0 aliphatic heterocycles. The van der Waals surface area contributed by atoms with Crippen molar-refractivity contribution in [3.63, 3.8) is 0 Å². The highest BCUT2D eigenvalue weighted by Crippen LogP contribution is 2.42. The summed E-state index contributed by atoms with van der Waals surface area (Å²) in [4.78, 5) is 10.9. The highest BCUT2D eigenvalue weighted by atomic mass is 32.2. The van der Waals surface area contributed by atoms with Crippen molar-refractivity contribution >= 4 is 39.4 Å². The highest BCUT2D eigenvalue weighted by Gasteiger charge is 2.26. The third-order valence-corrected chi connectivity index (χ3v) is 6.63. The molecular formula is C29H33N3OS. The summed E-state index contributed by atoms with van der Waals surface area (Å²) in [5.74, 6) is 0. The Kier molecular flexibility index (Phi) is 6.70. The lowest BCUT2D eigenvalue weighted by atomic mass is 9.91. The van der Waals surface area contributed by atoms with Crippen molar-refractivity contribution in [2.75, 3.05) is 5.73 Å². The van der Waals surface area contributed by atoms with Gasteiger partial charge in [-0.3, -0.25) is 0 Å². The number of rotatable bonds is 6. The number of hydrogen-bond donors (Lipinski definition) is 1. The van der Waals surface area contributed by atoms with Crippen LogP contribution in [0.25, 0.3) is 33.1 Å². The summed E-state index contributed by atoms with van der Waals surface area (Å²) in [6, 6.07) is 16.6. The van der Waals surface area contributed by atoms with Crippen LogP contribution in [0, 0.1) is 6.92 Å². The monoisotopic (exact) mass is 471 g/mol. The van der Waals surface area contributed by atoms with Crippen LogP contribution >= 0.6 is 11.8 Å². The Bertz CT molecular complexity index is 1370. The number of benzene rings is 2. The molecule has 0 saturated heterocycles. The highest BCUT2D eigenvalue weighted by molar-refractivity contribution is 8.00. The fraction of sp³-hybridized carbons (Fsp3) is 0.310. The van der Waals surface area contributed by atoms with Gasteiger partial charge in [0, 0.05) is 43.4 Å². The molecule has 176 valence electrons. The SMILES string of the molecule is C=CC(OC(C)(C)C)c1c(C)nc2nc3ccccc3cc2c1-c1ccc(N)c(SC(C)C)c1. The van der Waals surface area contributed by atoms with Crippen molar-refractivity contribution in [1.82, 2.24) is 9.97 Å². The van der Waals surface area contributed by atoms with Crippen LogP contribution in [0.2, 0.25) is 0 Å². The van der Waals surface area contributed by atoms with E-state index in [9.17, 15) is 0 Å². The molecule has 1 atom stereocenters. The number of nitrogen functional groups attached to an aromatic ring is 1. The summed E-state index contributed by atoms with van der Waals surface area (Å²) in [6.07, 6.45) is 1.54. The standard InChI is InChI=1S/C29H33N3OS/c1-8-24(33-29(5,6)7)26-18(4)31-28-21(15-19-11-9-10-12-23(19)32-28)27(26)20-13-14-22(30)25(16-20)34-17(2)3/h8-17,24H,1,30H2,2-7H3. The maximum atomic E-state index is 6.46. The summed E-state index contributed by atoms with van der Waals surface area (Å²) >= 11 is 1.77. The van der Waals surface area contributed by atoms with E-state index in [1.807, 2.05) is 37.3 Å². The van der Waals surface area contributed by atoms with Crippen LogP contribution in [-0.2, 0) is 4.74 Å². The molecule has 2 aromatic carbocycles. The molecule has 4 aromatic rings. The summed E-state index contributed by atoms with van der Waals surface area (Å²) in [5.41, 5.74) is 12.5. The van der Waals surface area contributed by atoms with E-state index < -0.39 is 0 Å². The molecule has 4 rings (SSSR count). The molecule has 1 unspecified atom stereocenters. The first-order chi connectivity index (χ1) is 16.1. The minimum atomic E-state index is -0.348. The molecule has 2 heterocycles. The maximum Gasteiger partial charge on any atom is 0.160 e. The molecule has 0 fully saturated rings. The second-order valence-electron chi connectivity index (χ2n) is 9.84. The van der Waals surface area contributed by atoms with E-state index in [0.717, 1.165) is 54.9 Å². The lowest BCUT2D eigenvalue weighted by Gasteiger charge is -2.29. The van der Waals surface area contributed by atoms with Gasteiger partial charge in [-0.25, -0.2) is 9.97 Å². The summed E-state index contributed by atoms with van der Waals surface area (Å²) in [7, 11) is 0. The van der Waals surface area contributed by atoms with Gasteiger partial charge >= 0.3 is 0 Å². The van der Waals surface area contributed by atoms with Crippen LogP contribution in [-0.4, -0.2) is 20.8 Å². The topological polar surface area (TPSA) is 61.0 Å². The zero-order valence-corrected chi connectivity index (χ0v) is 21.7. The first kappa shape index (κ1) is 24.2. The van der Waals surface area contributed by atoms with E-state index in [4.69, 9.17) is 20.4 Å². The number of ether oxygens (including phenoxy) is 1. The van der Waals surface area contributed by atoms with Crippen LogP contribution in [0.1, 0.15) is 52.0 Å². The van der Waals surface area contributed by atoms with Crippen LogP contribution in [0.5, 0.6) is 0 Å². The van der Waals surface area contributed by atoms with Crippen molar-refractivity contribution in [3.05, 3.63) is 72.4 Å². The van der Waals surface area contributed by atoms with Crippen LogP contribution in [0.3, 0.4) is 0 Å². The predicted octanol–water partition coefficient (Wildman–Crippen LogP) is 7.88. The van der Waals surface area contributed by atoms with Crippen LogP contribution in [0.15, 0.2) is 66.1 Å². The lowest BCUT2D eigenvalue weighted by molar-refractivity contribution is -0.0394. The van der Waals surface area contributed by atoms with Gasteiger partial charge in [-0.15, -0.1) is 18.3 Å². The predicted molar refractivity (Wildman–Crippen MR) is 146 cm³/mol. The molecule has 0 radical (unpaired) electrons. The van der Waals surface area contributed by atoms with Gasteiger partial charge in [-0.2, -0.15) is 0 Å². The number of aromatic nitrogens is 2. The molecule has 0 spiro atoms. The van der Waals surface area contributed by atoms with Gasteiger partial charge in [0.05, 0.1) is 11.1 Å². The number of aryl methyl sites for hydroxylation is 1. The maximum absolute atomic E-state index is 6.46. The number of para-hydroxylation sites is 1. The van der Waals surface area contributed by atoms with E-state index >= 15 is 0 Å². The zero-order valence-electron chi connectivity index (χ0n) is 20.8. The smallest absolute Gasteiger partial charge is 0.160 e. The average molecular weight is 472 g/mol. The summed E-state index contributed by atoms with van der Waals surface area (Å²) in [5, 5.41) is 2.49. The van der Waals surface area contributed by atoms with Gasteiger partial charge in [0.15, 0.2) is 5.65 Å². The molecule has 2 aromatic heterocycles. The first-order valence-electron chi connectivity index (χ1n) is 11.6. The van der Waals surface area contributed by atoms with Gasteiger partial charge in [-0.1, -0.05) is 44.2 Å². The molecule has 0 aliphatic rings. The number of fused-ring (bicyclic) bond motifs is 2. The van der Waals surface area contributed by atoms with Gasteiger partial charge in [0.1, 0.15) is 6.10 Å². The van der Waals surface area contributed by atoms with E-state index in [0.29, 0.717) is 5.25 Å². The largest absolute Gasteiger partial charge is 0.398 e. The van der Waals surface area contributed by atoms with Crippen LogP contribution < -0.4 is 5.73 Å². The van der Waals surface area contributed by atoms with Gasteiger partial charge in [0.2, 0.25) is 0 Å². The molecule has 0 amide bonds. The van der Waals surface area contributed by atoms with Crippen LogP contribution in [0.4, 0.5) is 5.69 Å². The first-order valence-corrected chi connectivity index (χ1v) is 12.5. The van der Waals surface area contributed by atoms with Gasteiger partial charge in [-0.05, 0) is 57.5 Å². The minimum absolute atomic E-state index is 0.322. The average Bonchev–Trinajstić information content (AvgIpc) is 2.76. The van der Waals surface area contributed by atoms with Crippen molar-refractivity contribution in [3.8, 4) is 11.1 Å². The fourth-order valence-corrected chi connectivity index (χ4v) is 5.14. The second-order valence-corrected chi connectivity index (χ2v) is 11.5. The molecule has 0 bridgehead atoms. The Morgan fingerprint density at radius 2 is 1.79 bits per heavy atom. The van der Waals surface area contributed by atoms with E-state index in [2.05, 4.69) is 65.5 Å². The van der Waals surface area contributed by atoms with E-state index in [1.165, 1.54) is 0 Å². The Morgan fingerprint density at radius 3 is 2.47 bits per heavy atom. The fourth-order valence-electron chi connectivity index (χ4n) is 4.23. The summed E-state index contributed by atoms with van der Waals surface area (Å²) in [6.45, 7) is 16.7. The Hall–Kier alpha value is -2.89. The Labute approximate surface area is 206 Å². The minimum Gasteiger partial charge on any atom is -0.398 e. The van der Waals surface area contributed by atoms with E-state index in [1.54, 1.807) is 11.8 Å². The Morgan fingerprint density at radius 1 is 1.06 bits per heavy atom. The van der Waals surface area contributed by atoms with Crippen molar-refractivity contribution in [1.29, 1.82) is 0 Å². The summed E-state index contributed by atoms with van der Waals surface area (Å²) < 4.78 is 6.46. The lowest BCUT2D eigenvalue weighted by Crippen LogP contribution is -2.23. The van der Waals surface area contributed by atoms with Crippen molar-refractivity contribution < 1.29 is 4.74 Å². The number of hydrogen-bond acceptors (Lipinski definition) is 5. The molecular weight excluding hydrogens is 438 g/mol. The molecule has 34 heavy (non-hydrogen) atoms. The van der Waals surface area contributed by atoms with Crippen molar-refractivity contribution in [2.45, 2.75) is 63.4 Å². The number of nitrogens with zero attached hydrogens (tertiary/aromatic N) is 2. The van der Waals surface area contributed by atoms with Crippen molar-refractivity contribution in [2.24, 2.45) is 0 Å². The normalized spacial score (nSPS) is 13.0. The van der Waals surface area contributed by atoms with E-state index in [-0.39, 0.29) is 11.7 Å². The Balaban J connectivity index is 2.09. The van der Waals surface area contributed by atoms with Gasteiger partial charge < -0.3 is 10.5 Å². The zero-order chi connectivity index (χ0) is 24.6. The third-order valence-electron chi connectivity index (χ3n) is 5.55. The third kappa shape index (κ3) is 4.96. The molecule has 0 saturated carbocycles. The number of pyridine rings is 2. The molecule has 0 aliphatic carbocycles. The number of thioether (sulfide) groups is 1.